The SMILES string of the molecule is CCOC(=O)c1ccc(F)cc1C. The van der Waals surface area contributed by atoms with E-state index in [1.807, 2.05) is 0 Å². The molecule has 0 bridgehead atoms. The summed E-state index contributed by atoms with van der Waals surface area (Å²) in [5, 5.41) is 0. The number of benzene rings is 1. The first-order chi connectivity index (χ1) is 6.15. The van der Waals surface area contributed by atoms with Crippen LogP contribution >= 0.6 is 0 Å². The second-order valence-corrected chi connectivity index (χ2v) is 2.68. The summed E-state index contributed by atoms with van der Waals surface area (Å²) in [6.45, 7) is 3.74. The molecule has 0 N–H and O–H groups in total. The van der Waals surface area contributed by atoms with Crippen molar-refractivity contribution >= 4 is 5.97 Å². The van der Waals surface area contributed by atoms with Crippen LogP contribution in [0.15, 0.2) is 18.2 Å². The smallest absolute Gasteiger partial charge is 0.338 e. The van der Waals surface area contributed by atoms with E-state index in [1.165, 1.54) is 18.2 Å². The molecule has 0 radical (unpaired) electrons. The number of aryl methyl sites for hydroxylation is 1. The Balaban J connectivity index is 2.95. The van der Waals surface area contributed by atoms with E-state index in [4.69, 9.17) is 4.74 Å². The van der Waals surface area contributed by atoms with Crippen LogP contribution in [0, 0.1) is 12.7 Å². The first kappa shape index (κ1) is 9.71. The fraction of sp³-hybridized carbons (Fsp3) is 0.300. The first-order valence-electron chi connectivity index (χ1n) is 4.08. The highest BCUT2D eigenvalue weighted by Crippen LogP contribution is 2.11. The predicted octanol–water partition coefficient (Wildman–Crippen LogP) is 2.31. The highest BCUT2D eigenvalue weighted by Gasteiger charge is 2.09. The molecule has 0 amide bonds. The Morgan fingerprint density at radius 3 is 2.77 bits per heavy atom. The van der Waals surface area contributed by atoms with Crippen molar-refractivity contribution in [1.29, 1.82) is 0 Å². The van der Waals surface area contributed by atoms with E-state index in [2.05, 4.69) is 0 Å². The Morgan fingerprint density at radius 2 is 2.23 bits per heavy atom. The number of hydrogen-bond donors (Lipinski definition) is 0. The van der Waals surface area contributed by atoms with E-state index in [9.17, 15) is 9.18 Å². The van der Waals surface area contributed by atoms with E-state index in [-0.39, 0.29) is 5.82 Å². The molecule has 0 aliphatic rings. The van der Waals surface area contributed by atoms with Crippen LogP contribution in [0.4, 0.5) is 4.39 Å². The normalized spacial score (nSPS) is 9.77. The first-order valence-corrected chi connectivity index (χ1v) is 4.08. The summed E-state index contributed by atoms with van der Waals surface area (Å²) in [6, 6.07) is 3.99. The van der Waals surface area contributed by atoms with Gasteiger partial charge < -0.3 is 4.74 Å². The van der Waals surface area contributed by atoms with Gasteiger partial charge in [0.25, 0.3) is 0 Å². The van der Waals surface area contributed by atoms with Crippen molar-refractivity contribution < 1.29 is 13.9 Å². The van der Waals surface area contributed by atoms with Gasteiger partial charge in [-0.15, -0.1) is 0 Å². The molecule has 0 aliphatic carbocycles. The van der Waals surface area contributed by atoms with Crippen LogP contribution in [-0.2, 0) is 4.74 Å². The number of halogens is 1. The lowest BCUT2D eigenvalue weighted by Gasteiger charge is -2.04. The topological polar surface area (TPSA) is 26.3 Å². The monoisotopic (exact) mass is 182 g/mol. The molecule has 1 rings (SSSR count). The molecule has 0 unspecified atom stereocenters. The molecular formula is C10H11FO2. The molecule has 3 heteroatoms. The van der Waals surface area contributed by atoms with Gasteiger partial charge in [0, 0.05) is 0 Å². The van der Waals surface area contributed by atoms with Crippen LogP contribution in [0.5, 0.6) is 0 Å². The van der Waals surface area contributed by atoms with E-state index < -0.39 is 5.97 Å². The Morgan fingerprint density at radius 1 is 1.54 bits per heavy atom. The van der Waals surface area contributed by atoms with Gasteiger partial charge in [-0.25, -0.2) is 9.18 Å². The molecule has 1 aromatic carbocycles. The molecule has 0 saturated heterocycles. The number of carbonyl (C=O) groups excluding carboxylic acids is 1. The molecule has 0 heterocycles. The van der Waals surface area contributed by atoms with Crippen molar-refractivity contribution in [2.75, 3.05) is 6.61 Å². The maximum atomic E-state index is 12.6. The average Bonchev–Trinajstić information content (AvgIpc) is 2.04. The van der Waals surface area contributed by atoms with Gasteiger partial charge in [0.2, 0.25) is 0 Å². The number of esters is 1. The molecule has 13 heavy (non-hydrogen) atoms. The van der Waals surface area contributed by atoms with Gasteiger partial charge in [0.15, 0.2) is 0 Å². The van der Waals surface area contributed by atoms with Crippen LogP contribution < -0.4 is 0 Å². The predicted molar refractivity (Wildman–Crippen MR) is 47.1 cm³/mol. The lowest BCUT2D eigenvalue weighted by Crippen LogP contribution is -2.06. The zero-order valence-corrected chi connectivity index (χ0v) is 7.63. The molecule has 0 spiro atoms. The average molecular weight is 182 g/mol. The Hall–Kier alpha value is -1.38. The van der Waals surface area contributed by atoms with Gasteiger partial charge in [-0.1, -0.05) is 0 Å². The van der Waals surface area contributed by atoms with Crippen LogP contribution in [0.1, 0.15) is 22.8 Å². The Bertz CT molecular complexity index is 321. The molecule has 0 fully saturated rings. The van der Waals surface area contributed by atoms with E-state index >= 15 is 0 Å². The summed E-state index contributed by atoms with van der Waals surface area (Å²) < 4.78 is 17.4. The summed E-state index contributed by atoms with van der Waals surface area (Å²) in [5.41, 5.74) is 1.02. The van der Waals surface area contributed by atoms with Gasteiger partial charge in [0.1, 0.15) is 5.82 Å². The van der Waals surface area contributed by atoms with Gasteiger partial charge in [0.05, 0.1) is 12.2 Å². The molecule has 70 valence electrons. The number of carbonyl (C=O) groups is 1. The van der Waals surface area contributed by atoms with Crippen LogP contribution in [-0.4, -0.2) is 12.6 Å². The van der Waals surface area contributed by atoms with Crippen molar-refractivity contribution in [2.24, 2.45) is 0 Å². The highest BCUT2D eigenvalue weighted by molar-refractivity contribution is 5.90. The highest BCUT2D eigenvalue weighted by atomic mass is 19.1. The van der Waals surface area contributed by atoms with E-state index in [1.54, 1.807) is 13.8 Å². The summed E-state index contributed by atoms with van der Waals surface area (Å²) in [4.78, 5) is 11.2. The quantitative estimate of drug-likeness (QED) is 0.656. The third-order valence-electron chi connectivity index (χ3n) is 1.68. The maximum absolute atomic E-state index is 12.6. The zero-order valence-electron chi connectivity index (χ0n) is 7.63. The number of ether oxygens (including phenoxy) is 1. The second kappa shape index (κ2) is 4.03. The summed E-state index contributed by atoms with van der Waals surface area (Å²) in [7, 11) is 0. The maximum Gasteiger partial charge on any atom is 0.338 e. The summed E-state index contributed by atoms with van der Waals surface area (Å²) in [6.07, 6.45) is 0. The van der Waals surface area contributed by atoms with Crippen molar-refractivity contribution in [1.82, 2.24) is 0 Å². The van der Waals surface area contributed by atoms with Gasteiger partial charge >= 0.3 is 5.97 Å². The van der Waals surface area contributed by atoms with Crippen molar-refractivity contribution in [3.8, 4) is 0 Å². The Labute approximate surface area is 76.3 Å². The molecule has 0 atom stereocenters. The van der Waals surface area contributed by atoms with Gasteiger partial charge in [-0.2, -0.15) is 0 Å². The fourth-order valence-corrected chi connectivity index (χ4v) is 1.06. The fourth-order valence-electron chi connectivity index (χ4n) is 1.06. The third kappa shape index (κ3) is 2.28. The molecule has 0 aliphatic heterocycles. The second-order valence-electron chi connectivity index (χ2n) is 2.68. The van der Waals surface area contributed by atoms with Gasteiger partial charge in [-0.05, 0) is 37.6 Å². The summed E-state index contributed by atoms with van der Waals surface area (Å²) >= 11 is 0. The number of hydrogen-bond acceptors (Lipinski definition) is 2. The molecule has 1 aromatic rings. The molecule has 2 nitrogen and oxygen atoms in total. The van der Waals surface area contributed by atoms with Crippen molar-refractivity contribution in [3.63, 3.8) is 0 Å². The Kier molecular flexibility index (Phi) is 3.01. The van der Waals surface area contributed by atoms with Crippen molar-refractivity contribution in [2.45, 2.75) is 13.8 Å². The zero-order chi connectivity index (χ0) is 9.84. The minimum Gasteiger partial charge on any atom is -0.462 e. The number of rotatable bonds is 2. The molecule has 0 aromatic heterocycles. The molecule has 0 saturated carbocycles. The lowest BCUT2D eigenvalue weighted by molar-refractivity contribution is 0.0525. The largest absolute Gasteiger partial charge is 0.462 e. The molecular weight excluding hydrogens is 171 g/mol. The van der Waals surface area contributed by atoms with Crippen LogP contribution in [0.2, 0.25) is 0 Å². The van der Waals surface area contributed by atoms with Crippen molar-refractivity contribution in [3.05, 3.63) is 35.1 Å². The van der Waals surface area contributed by atoms with E-state index in [0.29, 0.717) is 17.7 Å². The van der Waals surface area contributed by atoms with Gasteiger partial charge in [-0.3, -0.25) is 0 Å². The third-order valence-corrected chi connectivity index (χ3v) is 1.68. The minimum atomic E-state index is -0.403. The minimum absolute atomic E-state index is 0.329. The van der Waals surface area contributed by atoms with Crippen LogP contribution in [0.25, 0.3) is 0 Å². The van der Waals surface area contributed by atoms with Crippen LogP contribution in [0.3, 0.4) is 0 Å². The summed E-state index contributed by atoms with van der Waals surface area (Å²) in [5.74, 6) is -0.745. The lowest BCUT2D eigenvalue weighted by atomic mass is 10.1. The van der Waals surface area contributed by atoms with E-state index in [0.717, 1.165) is 0 Å². The standard InChI is InChI=1S/C10H11FO2/c1-3-13-10(12)9-5-4-8(11)6-7(9)2/h4-6H,3H2,1-2H3.